The molecule has 25 heavy (non-hydrogen) atoms. The zero-order chi connectivity index (χ0) is 17.6. The Morgan fingerprint density at radius 1 is 1.16 bits per heavy atom. The number of rotatable bonds is 5. The molecule has 1 aliphatic heterocycles. The minimum Gasteiger partial charge on any atom is -0.457 e. The maximum atomic E-state index is 12.2. The molecular formula is C20H18N2O3. The molecule has 0 aliphatic carbocycles. The molecule has 2 aromatic rings. The lowest BCUT2D eigenvalue weighted by Gasteiger charge is -2.15. The summed E-state index contributed by atoms with van der Waals surface area (Å²) in [5, 5.41) is 8.78. The van der Waals surface area contributed by atoms with Crippen molar-refractivity contribution in [1.82, 2.24) is 4.90 Å². The van der Waals surface area contributed by atoms with E-state index in [2.05, 4.69) is 0 Å². The smallest absolute Gasteiger partial charge is 0.338 e. The molecule has 0 unspecified atom stereocenters. The fourth-order valence-electron chi connectivity index (χ4n) is 2.80. The second kappa shape index (κ2) is 7.63. The molecule has 0 spiro atoms. The predicted octanol–water partition coefficient (Wildman–Crippen LogP) is 3.04. The van der Waals surface area contributed by atoms with Crippen LogP contribution < -0.4 is 0 Å². The lowest BCUT2D eigenvalue weighted by molar-refractivity contribution is -0.128. The second-order valence-corrected chi connectivity index (χ2v) is 6.00. The lowest BCUT2D eigenvalue weighted by Crippen LogP contribution is -2.23. The Morgan fingerprint density at radius 3 is 2.64 bits per heavy atom. The van der Waals surface area contributed by atoms with Crippen molar-refractivity contribution in [2.45, 2.75) is 26.0 Å². The highest BCUT2D eigenvalue weighted by atomic mass is 16.5. The van der Waals surface area contributed by atoms with Crippen molar-refractivity contribution >= 4 is 11.9 Å². The third kappa shape index (κ3) is 4.24. The quantitative estimate of drug-likeness (QED) is 0.788. The third-order valence-electron chi connectivity index (χ3n) is 4.16. The monoisotopic (exact) mass is 334 g/mol. The minimum absolute atomic E-state index is 0.152. The maximum absolute atomic E-state index is 12.2. The van der Waals surface area contributed by atoms with Crippen molar-refractivity contribution < 1.29 is 14.3 Å². The van der Waals surface area contributed by atoms with Crippen LogP contribution in [0.1, 0.15) is 39.9 Å². The molecule has 1 aliphatic rings. The molecule has 0 N–H and O–H groups in total. The van der Waals surface area contributed by atoms with Crippen LogP contribution in [0.5, 0.6) is 0 Å². The van der Waals surface area contributed by atoms with E-state index in [1.807, 2.05) is 12.1 Å². The molecule has 1 amide bonds. The number of likely N-dealkylation sites (tertiary alicyclic amines) is 1. The summed E-state index contributed by atoms with van der Waals surface area (Å²) in [6.07, 6.45) is 1.50. The van der Waals surface area contributed by atoms with Gasteiger partial charge in [0.05, 0.1) is 17.2 Å². The van der Waals surface area contributed by atoms with Gasteiger partial charge in [-0.3, -0.25) is 4.79 Å². The summed E-state index contributed by atoms with van der Waals surface area (Å²) < 4.78 is 5.33. The van der Waals surface area contributed by atoms with Crippen LogP contribution in [0.4, 0.5) is 0 Å². The highest BCUT2D eigenvalue weighted by Gasteiger charge is 2.20. The van der Waals surface area contributed by atoms with E-state index in [0.29, 0.717) is 24.1 Å². The fourth-order valence-corrected chi connectivity index (χ4v) is 2.80. The first-order chi connectivity index (χ1) is 12.2. The molecule has 0 radical (unpaired) electrons. The van der Waals surface area contributed by atoms with Crippen LogP contribution in [0.2, 0.25) is 0 Å². The molecule has 1 saturated heterocycles. The van der Waals surface area contributed by atoms with E-state index >= 15 is 0 Å². The van der Waals surface area contributed by atoms with Crippen molar-refractivity contribution in [2.24, 2.45) is 0 Å². The molecule has 0 bridgehead atoms. The van der Waals surface area contributed by atoms with E-state index < -0.39 is 5.97 Å². The van der Waals surface area contributed by atoms with Gasteiger partial charge in [0, 0.05) is 19.5 Å². The van der Waals surface area contributed by atoms with Crippen molar-refractivity contribution in [3.63, 3.8) is 0 Å². The molecule has 1 heterocycles. The first-order valence-corrected chi connectivity index (χ1v) is 8.18. The summed E-state index contributed by atoms with van der Waals surface area (Å²) in [5.74, 6) is -0.243. The number of ether oxygens (including phenoxy) is 1. The van der Waals surface area contributed by atoms with Crippen LogP contribution in [0, 0.1) is 11.3 Å². The van der Waals surface area contributed by atoms with Crippen LogP contribution in [0.3, 0.4) is 0 Å². The molecule has 0 aromatic heterocycles. The molecule has 1 fully saturated rings. The number of amides is 1. The van der Waals surface area contributed by atoms with Gasteiger partial charge in [0.1, 0.15) is 6.61 Å². The van der Waals surface area contributed by atoms with Gasteiger partial charge in [-0.2, -0.15) is 5.26 Å². The third-order valence-corrected chi connectivity index (χ3v) is 4.16. The Hall–Kier alpha value is -3.13. The van der Waals surface area contributed by atoms with Crippen LogP contribution in [-0.2, 0) is 22.7 Å². The minimum atomic E-state index is -0.404. The number of carbonyl (C=O) groups is 2. The largest absolute Gasteiger partial charge is 0.457 e. The molecule has 5 heteroatoms. The van der Waals surface area contributed by atoms with E-state index in [-0.39, 0.29) is 12.5 Å². The van der Waals surface area contributed by atoms with E-state index in [4.69, 9.17) is 10.00 Å². The van der Waals surface area contributed by atoms with Gasteiger partial charge >= 0.3 is 5.97 Å². The van der Waals surface area contributed by atoms with Gasteiger partial charge in [-0.05, 0) is 41.8 Å². The number of hydrogen-bond donors (Lipinski definition) is 0. The zero-order valence-electron chi connectivity index (χ0n) is 13.8. The van der Waals surface area contributed by atoms with Crippen LogP contribution >= 0.6 is 0 Å². The van der Waals surface area contributed by atoms with Gasteiger partial charge in [0.2, 0.25) is 5.91 Å². The fraction of sp³-hybridized carbons (Fsp3) is 0.250. The van der Waals surface area contributed by atoms with Crippen LogP contribution in [-0.4, -0.2) is 23.3 Å². The summed E-state index contributed by atoms with van der Waals surface area (Å²) in [7, 11) is 0. The molecule has 5 nitrogen and oxygen atoms in total. The van der Waals surface area contributed by atoms with Crippen molar-refractivity contribution in [3.8, 4) is 6.07 Å². The van der Waals surface area contributed by atoms with Crippen LogP contribution in [0.15, 0.2) is 48.5 Å². The zero-order valence-corrected chi connectivity index (χ0v) is 13.8. The first kappa shape index (κ1) is 16.7. The Bertz CT molecular complexity index is 822. The summed E-state index contributed by atoms with van der Waals surface area (Å²) >= 11 is 0. The predicted molar refractivity (Wildman–Crippen MR) is 91.4 cm³/mol. The highest BCUT2D eigenvalue weighted by Crippen LogP contribution is 2.16. The van der Waals surface area contributed by atoms with E-state index in [0.717, 1.165) is 24.1 Å². The Labute approximate surface area is 146 Å². The average Bonchev–Trinajstić information content (AvgIpc) is 3.05. The summed E-state index contributed by atoms with van der Waals surface area (Å²) in [5.41, 5.74) is 2.78. The second-order valence-electron chi connectivity index (χ2n) is 6.00. The standard InChI is InChI=1S/C20H18N2O3/c21-12-15-6-8-16(9-7-15)14-25-20(24)18-4-1-3-17(11-18)13-22-10-2-5-19(22)23/h1,3-4,6-9,11H,2,5,10,13-14H2. The van der Waals surface area contributed by atoms with Crippen molar-refractivity contribution in [1.29, 1.82) is 5.26 Å². The van der Waals surface area contributed by atoms with E-state index in [1.165, 1.54) is 0 Å². The number of nitrogens with zero attached hydrogens (tertiary/aromatic N) is 2. The summed E-state index contributed by atoms with van der Waals surface area (Å²) in [4.78, 5) is 25.8. The van der Waals surface area contributed by atoms with Crippen molar-refractivity contribution in [2.75, 3.05) is 6.54 Å². The van der Waals surface area contributed by atoms with Gasteiger partial charge < -0.3 is 9.64 Å². The number of esters is 1. The first-order valence-electron chi connectivity index (χ1n) is 8.18. The summed E-state index contributed by atoms with van der Waals surface area (Å²) in [6.45, 7) is 1.45. The SMILES string of the molecule is N#Cc1ccc(COC(=O)c2cccc(CN3CCCC3=O)c2)cc1. The van der Waals surface area contributed by atoms with Gasteiger partial charge in [-0.15, -0.1) is 0 Å². The highest BCUT2D eigenvalue weighted by molar-refractivity contribution is 5.89. The van der Waals surface area contributed by atoms with Gasteiger partial charge in [-0.25, -0.2) is 4.79 Å². The Kier molecular flexibility index (Phi) is 5.10. The molecule has 3 rings (SSSR count). The number of benzene rings is 2. The van der Waals surface area contributed by atoms with Crippen LogP contribution in [0.25, 0.3) is 0 Å². The number of hydrogen-bond acceptors (Lipinski definition) is 4. The topological polar surface area (TPSA) is 70.4 Å². The average molecular weight is 334 g/mol. The molecule has 2 aromatic carbocycles. The Morgan fingerprint density at radius 2 is 1.96 bits per heavy atom. The van der Waals surface area contributed by atoms with Gasteiger partial charge in [-0.1, -0.05) is 24.3 Å². The van der Waals surface area contributed by atoms with Gasteiger partial charge in [0.15, 0.2) is 0 Å². The molecular weight excluding hydrogens is 316 g/mol. The van der Waals surface area contributed by atoms with Gasteiger partial charge in [0.25, 0.3) is 0 Å². The molecule has 0 saturated carbocycles. The molecule has 0 atom stereocenters. The Balaban J connectivity index is 1.60. The van der Waals surface area contributed by atoms with E-state index in [9.17, 15) is 9.59 Å². The van der Waals surface area contributed by atoms with Crippen molar-refractivity contribution in [3.05, 3.63) is 70.8 Å². The maximum Gasteiger partial charge on any atom is 0.338 e. The lowest BCUT2D eigenvalue weighted by atomic mass is 10.1. The molecule has 126 valence electrons. The summed E-state index contributed by atoms with van der Waals surface area (Å²) in [6, 6.07) is 16.1. The normalized spacial score (nSPS) is 13.6. The van der Waals surface area contributed by atoms with E-state index in [1.54, 1.807) is 47.4 Å². The number of carbonyl (C=O) groups excluding carboxylic acids is 2. The number of nitriles is 1.